The molecular weight excluding hydrogens is 1130 g/mol. The Labute approximate surface area is 588 Å². The fourth-order valence-electron chi connectivity index (χ4n) is 14.7. The van der Waals surface area contributed by atoms with Crippen molar-refractivity contribution in [1.82, 2.24) is 0 Å². The minimum absolute atomic E-state index is 0. The predicted octanol–water partition coefficient (Wildman–Crippen LogP) is 34.0. The molecule has 0 spiro atoms. The first-order chi connectivity index (χ1) is 43.4. The average Bonchev–Trinajstić information content (AvgIpc) is 3.53. The molecule has 0 amide bonds. The first-order valence-electron chi connectivity index (χ1n) is 43.2. The van der Waals surface area contributed by atoms with Crippen LogP contribution in [-0.4, -0.2) is 0 Å². The summed E-state index contributed by atoms with van der Waals surface area (Å²) in [6, 6.07) is 0. The Hall–Kier alpha value is 1.10. The fourth-order valence-corrected chi connectivity index (χ4v) is 14.7. The summed E-state index contributed by atoms with van der Waals surface area (Å²) < 4.78 is 0. The van der Waals surface area contributed by atoms with Crippen molar-refractivity contribution in [3.05, 3.63) is 6.92 Å². The molecule has 0 aromatic rings. The molecule has 0 aliphatic heterocycles. The van der Waals surface area contributed by atoms with Crippen molar-refractivity contribution >= 4 is 0 Å². The third-order valence-electron chi connectivity index (χ3n) is 21.1. The molecule has 0 aliphatic rings. The quantitative estimate of drug-likeness (QED) is 0.0421. The molecule has 0 unspecified atom stereocenters. The summed E-state index contributed by atoms with van der Waals surface area (Å²) >= 11 is 0. The van der Waals surface area contributed by atoms with Crippen molar-refractivity contribution in [1.29, 1.82) is 0 Å². The molecule has 0 aliphatic carbocycles. The van der Waals surface area contributed by atoms with Gasteiger partial charge in [0.05, 0.1) is 0 Å². The summed E-state index contributed by atoms with van der Waals surface area (Å²) in [6.07, 6.45) is 126. The Balaban J connectivity index is 0. The number of hydrogen-bond donors (Lipinski definition) is 0. The van der Waals surface area contributed by atoms with Gasteiger partial charge in [-0.25, -0.2) is 0 Å². The van der Waals surface area contributed by atoms with Crippen molar-refractivity contribution in [2.75, 3.05) is 0 Å². The number of rotatable bonds is 84. The predicted molar refractivity (Wildman–Crippen MR) is 403 cm³/mol. The minimum Gasteiger partial charge on any atom is -0.343 e. The molecule has 0 saturated heterocycles. The van der Waals surface area contributed by atoms with Crippen LogP contribution in [-0.2, 0) is 32.7 Å². The second kappa shape index (κ2) is 90.2. The van der Waals surface area contributed by atoms with Gasteiger partial charge in [0.15, 0.2) is 0 Å². The van der Waals surface area contributed by atoms with E-state index in [9.17, 15) is 0 Å². The Bertz CT molecular complexity index is 1010. The molecule has 0 heterocycles. The van der Waals surface area contributed by atoms with Crippen LogP contribution in [0.3, 0.4) is 0 Å². The zero-order valence-electron chi connectivity index (χ0n) is 62.4. The van der Waals surface area contributed by atoms with Crippen molar-refractivity contribution in [2.45, 2.75) is 553 Å². The van der Waals surface area contributed by atoms with E-state index in [0.29, 0.717) is 0 Å². The van der Waals surface area contributed by atoms with E-state index in [4.69, 9.17) is 0 Å². The summed E-state index contributed by atoms with van der Waals surface area (Å²) in [5.41, 5.74) is 0. The molecule has 0 nitrogen and oxygen atoms in total. The molecule has 0 fully saturated rings. The molecule has 0 saturated carbocycles. The van der Waals surface area contributed by atoms with E-state index in [-0.39, 0.29) is 32.7 Å². The molecule has 1 radical (unpaired) electrons. The van der Waals surface area contributed by atoms with Crippen LogP contribution in [0.5, 0.6) is 0 Å². The van der Waals surface area contributed by atoms with Crippen LogP contribution in [0.4, 0.5) is 0 Å². The topological polar surface area (TPSA) is 0 Å². The van der Waals surface area contributed by atoms with Crippen molar-refractivity contribution in [3.8, 4) is 0 Å². The SMILES string of the molecule is [CH2-]CCCCCCCCCCCCCCCCCCCCCCCCCCCCCCCCCCCCCCCCCCCCCCCCCCCCCCCCCCCCCCCCCCCCCCCCCCCCCCCCCCCCCC.[Y]. The van der Waals surface area contributed by atoms with Gasteiger partial charge in [0, 0.05) is 32.7 Å². The van der Waals surface area contributed by atoms with E-state index < -0.39 is 0 Å². The maximum absolute atomic E-state index is 3.95. The van der Waals surface area contributed by atoms with Gasteiger partial charge in [-0.05, 0) is 0 Å². The number of hydrogen-bond acceptors (Lipinski definition) is 0. The van der Waals surface area contributed by atoms with Crippen LogP contribution >= 0.6 is 0 Å². The van der Waals surface area contributed by atoms with Gasteiger partial charge < -0.3 is 6.92 Å². The van der Waals surface area contributed by atoms with E-state index in [2.05, 4.69) is 13.8 Å². The van der Waals surface area contributed by atoms with Gasteiger partial charge >= 0.3 is 0 Å². The normalized spacial score (nSPS) is 11.7. The third-order valence-corrected chi connectivity index (χ3v) is 21.1. The molecule has 0 N–H and O–H groups in total. The Morgan fingerprint density at radius 2 is 0.159 bits per heavy atom. The Kier molecular flexibility index (Phi) is 93.4. The molecule has 0 rings (SSSR count). The maximum atomic E-state index is 3.95. The summed E-state index contributed by atoms with van der Waals surface area (Å²) in [7, 11) is 0. The standard InChI is InChI=1S/C87H175.Y/c1-3-5-7-9-11-13-15-17-19-21-23-25-27-29-31-33-35-37-39-41-43-45-47-49-51-53-55-57-59-61-63-65-67-69-71-73-75-77-79-81-83-85-87-86-84-82-80-78-76-74-72-70-68-66-64-62-60-58-56-54-52-50-48-46-44-42-40-38-36-34-32-30-28-26-24-22-20-18-16-14-12-10-8-6-4-2;/h1,3-87H2,2H3;/q-1;. The largest absolute Gasteiger partial charge is 0.343 e. The van der Waals surface area contributed by atoms with Crippen molar-refractivity contribution < 1.29 is 32.7 Å². The van der Waals surface area contributed by atoms with E-state index in [0.717, 1.165) is 6.42 Å². The summed E-state index contributed by atoms with van der Waals surface area (Å²) in [6.45, 7) is 6.27. The van der Waals surface area contributed by atoms with E-state index in [1.54, 1.807) is 0 Å². The second-order valence-corrected chi connectivity index (χ2v) is 30.2. The maximum Gasteiger partial charge on any atom is 0 e. The first-order valence-corrected chi connectivity index (χ1v) is 43.2. The second-order valence-electron chi connectivity index (χ2n) is 30.2. The Morgan fingerprint density at radius 3 is 0.216 bits per heavy atom. The first kappa shape index (κ1) is 91.2. The van der Waals surface area contributed by atoms with Crippen molar-refractivity contribution in [3.63, 3.8) is 0 Å². The van der Waals surface area contributed by atoms with E-state index in [1.165, 1.54) is 539 Å². The van der Waals surface area contributed by atoms with Gasteiger partial charge in [0.25, 0.3) is 0 Å². The van der Waals surface area contributed by atoms with Crippen LogP contribution in [0.1, 0.15) is 553 Å². The van der Waals surface area contributed by atoms with E-state index >= 15 is 0 Å². The van der Waals surface area contributed by atoms with Gasteiger partial charge in [-0.2, -0.15) is 6.42 Å². The molecule has 0 bridgehead atoms. The van der Waals surface area contributed by atoms with Crippen LogP contribution < -0.4 is 0 Å². The molecule has 0 aromatic heterocycles. The molecule has 527 valence electrons. The molecule has 0 atom stereocenters. The fraction of sp³-hybridized carbons (Fsp3) is 0.989. The average molecular weight is 1310 g/mol. The summed E-state index contributed by atoms with van der Waals surface area (Å²) in [5, 5.41) is 0. The van der Waals surface area contributed by atoms with Gasteiger partial charge in [0.2, 0.25) is 0 Å². The molecule has 1 heteroatoms. The van der Waals surface area contributed by atoms with Crippen LogP contribution in [0.25, 0.3) is 0 Å². The zero-order chi connectivity index (χ0) is 62.1. The molecule has 88 heavy (non-hydrogen) atoms. The van der Waals surface area contributed by atoms with Crippen LogP contribution in [0.2, 0.25) is 0 Å². The van der Waals surface area contributed by atoms with Crippen molar-refractivity contribution in [2.24, 2.45) is 0 Å². The molecule has 0 aromatic carbocycles. The zero-order valence-corrected chi connectivity index (χ0v) is 65.2. The molecular formula is C87H175Y-. The van der Waals surface area contributed by atoms with Gasteiger partial charge in [-0.1, -0.05) is 546 Å². The third kappa shape index (κ3) is 89.2. The Morgan fingerprint density at radius 1 is 0.102 bits per heavy atom. The van der Waals surface area contributed by atoms with Gasteiger partial charge in [-0.15, -0.1) is 0 Å². The van der Waals surface area contributed by atoms with Gasteiger partial charge in [-0.3, -0.25) is 0 Å². The van der Waals surface area contributed by atoms with E-state index in [1.807, 2.05) is 0 Å². The van der Waals surface area contributed by atoms with Gasteiger partial charge in [0.1, 0.15) is 0 Å². The minimum atomic E-state index is 0. The van der Waals surface area contributed by atoms with Crippen LogP contribution in [0.15, 0.2) is 0 Å². The van der Waals surface area contributed by atoms with Crippen LogP contribution in [0, 0.1) is 6.92 Å². The summed E-state index contributed by atoms with van der Waals surface area (Å²) in [5.74, 6) is 0. The smallest absolute Gasteiger partial charge is 0 e. The summed E-state index contributed by atoms with van der Waals surface area (Å²) in [4.78, 5) is 0. The number of unbranched alkanes of at least 4 members (excludes halogenated alkanes) is 84. The monoisotopic (exact) mass is 1310 g/mol.